The fourth-order valence-corrected chi connectivity index (χ4v) is 2.33. The molecule has 0 saturated heterocycles. The number of aromatic nitrogens is 2. The van der Waals surface area contributed by atoms with Gasteiger partial charge in [0, 0.05) is 36.5 Å². The molecular formula is C14H17ClN4O. The Labute approximate surface area is 123 Å². The van der Waals surface area contributed by atoms with E-state index in [9.17, 15) is 4.79 Å². The molecule has 2 aromatic rings. The predicted octanol–water partition coefficient (Wildman–Crippen LogP) is 2.04. The molecule has 2 heterocycles. The average molecular weight is 293 g/mol. The quantitative estimate of drug-likeness (QED) is 0.793. The van der Waals surface area contributed by atoms with Crippen molar-refractivity contribution < 1.29 is 4.79 Å². The van der Waals surface area contributed by atoms with Crippen LogP contribution in [0.4, 0.5) is 5.69 Å². The predicted molar refractivity (Wildman–Crippen MR) is 80.4 cm³/mol. The topological polar surface area (TPSA) is 69.8 Å². The molecule has 3 rings (SSSR count). The number of benzene rings is 1. The van der Waals surface area contributed by atoms with Gasteiger partial charge in [0.2, 0.25) is 0 Å². The number of nitrogens with zero attached hydrogens (tertiary/aromatic N) is 1. The molecule has 1 amide bonds. The fraction of sp³-hybridized carbons (Fsp3) is 0.286. The van der Waals surface area contributed by atoms with Crippen LogP contribution in [-0.4, -0.2) is 22.6 Å². The smallest absolute Gasteiger partial charge is 0.276 e. The number of H-pyrrole nitrogens is 1. The van der Waals surface area contributed by atoms with Crippen LogP contribution in [0.2, 0.25) is 0 Å². The maximum atomic E-state index is 12.2. The van der Waals surface area contributed by atoms with Gasteiger partial charge in [-0.05, 0) is 24.6 Å². The van der Waals surface area contributed by atoms with Crippen molar-refractivity contribution in [1.82, 2.24) is 15.5 Å². The number of nitrogens with one attached hydrogen (secondary N) is 3. The van der Waals surface area contributed by atoms with Crippen LogP contribution in [0.3, 0.4) is 0 Å². The number of halogens is 1. The SMILES string of the molecule is Cc1cccc(NC(=O)c2n[nH]c3c2CNCC3)c1.Cl. The van der Waals surface area contributed by atoms with Crippen LogP contribution in [0.1, 0.15) is 27.3 Å². The van der Waals surface area contributed by atoms with Gasteiger partial charge < -0.3 is 10.6 Å². The van der Waals surface area contributed by atoms with Crippen molar-refractivity contribution in [3.63, 3.8) is 0 Å². The van der Waals surface area contributed by atoms with Gasteiger partial charge in [-0.1, -0.05) is 12.1 Å². The number of hydrogen-bond donors (Lipinski definition) is 3. The van der Waals surface area contributed by atoms with Crippen LogP contribution < -0.4 is 10.6 Å². The van der Waals surface area contributed by atoms with Crippen molar-refractivity contribution in [2.75, 3.05) is 11.9 Å². The van der Waals surface area contributed by atoms with Gasteiger partial charge in [-0.15, -0.1) is 12.4 Å². The lowest BCUT2D eigenvalue weighted by atomic mass is 10.1. The highest BCUT2D eigenvalue weighted by atomic mass is 35.5. The molecule has 1 aromatic heterocycles. The first kappa shape index (κ1) is 14.6. The average Bonchev–Trinajstić information content (AvgIpc) is 2.82. The van der Waals surface area contributed by atoms with Gasteiger partial charge in [0.05, 0.1) is 0 Å². The largest absolute Gasteiger partial charge is 0.321 e. The van der Waals surface area contributed by atoms with Crippen LogP contribution in [0.5, 0.6) is 0 Å². The Kier molecular flexibility index (Phi) is 4.42. The number of rotatable bonds is 2. The van der Waals surface area contributed by atoms with E-state index in [1.165, 1.54) is 0 Å². The van der Waals surface area contributed by atoms with E-state index in [0.29, 0.717) is 12.2 Å². The van der Waals surface area contributed by atoms with E-state index in [1.54, 1.807) is 0 Å². The van der Waals surface area contributed by atoms with Crippen LogP contribution in [0.15, 0.2) is 24.3 Å². The molecule has 1 aromatic carbocycles. The van der Waals surface area contributed by atoms with E-state index in [4.69, 9.17) is 0 Å². The maximum absolute atomic E-state index is 12.2. The molecule has 5 nitrogen and oxygen atoms in total. The molecule has 0 atom stereocenters. The van der Waals surface area contributed by atoms with Crippen molar-refractivity contribution in [1.29, 1.82) is 0 Å². The lowest BCUT2D eigenvalue weighted by Crippen LogP contribution is -2.25. The first-order valence-corrected chi connectivity index (χ1v) is 6.39. The highest BCUT2D eigenvalue weighted by Gasteiger charge is 2.21. The highest BCUT2D eigenvalue weighted by Crippen LogP contribution is 2.17. The zero-order valence-electron chi connectivity index (χ0n) is 11.2. The molecule has 1 aliphatic rings. The standard InChI is InChI=1S/C14H16N4O.ClH/c1-9-3-2-4-10(7-9)16-14(19)13-11-8-15-6-5-12(11)17-18-13;/h2-4,7,15H,5-6,8H2,1H3,(H,16,19)(H,17,18);1H. The number of amides is 1. The Morgan fingerprint density at radius 1 is 1.40 bits per heavy atom. The molecule has 0 saturated carbocycles. The van der Waals surface area contributed by atoms with Gasteiger partial charge in [-0.2, -0.15) is 5.10 Å². The zero-order valence-corrected chi connectivity index (χ0v) is 12.0. The third-order valence-electron chi connectivity index (χ3n) is 3.30. The Bertz CT molecular complexity index is 623. The van der Waals surface area contributed by atoms with Crippen molar-refractivity contribution in [2.45, 2.75) is 19.9 Å². The summed E-state index contributed by atoms with van der Waals surface area (Å²) in [6.07, 6.45) is 0.889. The molecule has 0 bridgehead atoms. The highest BCUT2D eigenvalue weighted by molar-refractivity contribution is 6.04. The summed E-state index contributed by atoms with van der Waals surface area (Å²) in [6.45, 7) is 3.62. The molecule has 0 spiro atoms. The molecule has 0 fully saturated rings. The number of hydrogen-bond acceptors (Lipinski definition) is 3. The summed E-state index contributed by atoms with van der Waals surface area (Å²) in [7, 11) is 0. The molecule has 0 unspecified atom stereocenters. The summed E-state index contributed by atoms with van der Waals surface area (Å²) in [5.74, 6) is -0.160. The molecule has 20 heavy (non-hydrogen) atoms. The Balaban J connectivity index is 0.00000147. The van der Waals surface area contributed by atoms with Gasteiger partial charge in [0.25, 0.3) is 5.91 Å². The fourth-order valence-electron chi connectivity index (χ4n) is 2.33. The molecule has 0 radical (unpaired) electrons. The number of carbonyl (C=O) groups excluding carboxylic acids is 1. The van der Waals surface area contributed by atoms with Gasteiger partial charge in [-0.25, -0.2) is 0 Å². The van der Waals surface area contributed by atoms with E-state index in [2.05, 4.69) is 20.8 Å². The van der Waals surface area contributed by atoms with Crippen LogP contribution in [0.25, 0.3) is 0 Å². The number of aryl methyl sites for hydroxylation is 1. The first-order chi connectivity index (χ1) is 9.24. The molecule has 1 aliphatic heterocycles. The molecule has 6 heteroatoms. The summed E-state index contributed by atoms with van der Waals surface area (Å²) < 4.78 is 0. The molecule has 0 aliphatic carbocycles. The maximum Gasteiger partial charge on any atom is 0.276 e. The third-order valence-corrected chi connectivity index (χ3v) is 3.30. The lowest BCUT2D eigenvalue weighted by molar-refractivity contribution is 0.102. The Hall–Kier alpha value is -1.85. The van der Waals surface area contributed by atoms with E-state index in [1.807, 2.05) is 31.2 Å². The van der Waals surface area contributed by atoms with E-state index in [-0.39, 0.29) is 18.3 Å². The van der Waals surface area contributed by atoms with Crippen molar-refractivity contribution in [2.24, 2.45) is 0 Å². The summed E-state index contributed by atoms with van der Waals surface area (Å²) in [5.41, 5.74) is 4.45. The minimum atomic E-state index is -0.160. The Morgan fingerprint density at radius 3 is 3.05 bits per heavy atom. The number of carbonyl (C=O) groups is 1. The van der Waals surface area contributed by atoms with E-state index in [0.717, 1.165) is 35.5 Å². The number of fused-ring (bicyclic) bond motifs is 1. The van der Waals surface area contributed by atoms with Crippen LogP contribution in [-0.2, 0) is 13.0 Å². The van der Waals surface area contributed by atoms with Crippen molar-refractivity contribution >= 4 is 24.0 Å². The van der Waals surface area contributed by atoms with Crippen LogP contribution in [0, 0.1) is 6.92 Å². The second-order valence-corrected chi connectivity index (χ2v) is 4.78. The zero-order chi connectivity index (χ0) is 13.2. The molecule has 3 N–H and O–H groups in total. The van der Waals surface area contributed by atoms with Gasteiger partial charge in [0.1, 0.15) is 0 Å². The minimum absolute atomic E-state index is 0. The second kappa shape index (κ2) is 6.07. The van der Waals surface area contributed by atoms with Crippen LogP contribution >= 0.6 is 12.4 Å². The third kappa shape index (κ3) is 2.84. The van der Waals surface area contributed by atoms with Gasteiger partial charge in [-0.3, -0.25) is 9.89 Å². The summed E-state index contributed by atoms with van der Waals surface area (Å²) in [5, 5.41) is 13.2. The van der Waals surface area contributed by atoms with Crippen molar-refractivity contribution in [3.05, 3.63) is 46.8 Å². The molecule has 106 valence electrons. The first-order valence-electron chi connectivity index (χ1n) is 6.39. The second-order valence-electron chi connectivity index (χ2n) is 4.78. The number of aromatic amines is 1. The number of anilines is 1. The Morgan fingerprint density at radius 2 is 2.25 bits per heavy atom. The lowest BCUT2D eigenvalue weighted by Gasteiger charge is -2.12. The summed E-state index contributed by atoms with van der Waals surface area (Å²) in [6, 6.07) is 7.74. The van der Waals surface area contributed by atoms with Crippen molar-refractivity contribution in [3.8, 4) is 0 Å². The van der Waals surface area contributed by atoms with Gasteiger partial charge >= 0.3 is 0 Å². The summed E-state index contributed by atoms with van der Waals surface area (Å²) >= 11 is 0. The van der Waals surface area contributed by atoms with E-state index < -0.39 is 0 Å². The molecular weight excluding hydrogens is 276 g/mol. The minimum Gasteiger partial charge on any atom is -0.321 e. The van der Waals surface area contributed by atoms with Gasteiger partial charge in [0.15, 0.2) is 5.69 Å². The normalized spacial score (nSPS) is 13.2. The summed E-state index contributed by atoms with van der Waals surface area (Å²) in [4.78, 5) is 12.2. The van der Waals surface area contributed by atoms with E-state index >= 15 is 0 Å². The monoisotopic (exact) mass is 292 g/mol.